The molecule has 6 fully saturated rings. The van der Waals surface area contributed by atoms with E-state index in [0.29, 0.717) is 38.1 Å². The molecule has 4 aliphatic heterocycles. The Bertz CT molecular complexity index is 3830. The zero-order chi connectivity index (χ0) is 73.8. The largest absolute Gasteiger partial charge is 0.492 e. The van der Waals surface area contributed by atoms with E-state index in [-0.39, 0.29) is 96.4 Å². The molecule has 23 atom stereocenters. The molecule has 31 heteroatoms. The van der Waals surface area contributed by atoms with Gasteiger partial charge in [0.1, 0.15) is 66.0 Å². The van der Waals surface area contributed by atoms with E-state index in [9.17, 15) is 49.5 Å². The third kappa shape index (κ3) is 16.6. The lowest BCUT2D eigenvalue weighted by Gasteiger charge is -2.60. The Morgan fingerprint density at radius 3 is 2.32 bits per heavy atom. The topological polar surface area (TPSA) is 356 Å². The summed E-state index contributed by atoms with van der Waals surface area (Å²) < 4.78 is 79.5. The van der Waals surface area contributed by atoms with E-state index in [4.69, 9.17) is 66.1 Å². The second kappa shape index (κ2) is 34.3. The van der Waals surface area contributed by atoms with E-state index in [1.54, 1.807) is 72.9 Å². The molecule has 4 saturated heterocycles. The number of thioether (sulfide) groups is 1. The van der Waals surface area contributed by atoms with E-state index in [0.717, 1.165) is 22.7 Å². The van der Waals surface area contributed by atoms with E-state index in [1.165, 1.54) is 55.9 Å². The Hall–Kier alpha value is -4.93. The molecule has 3 aliphatic carbocycles. The quantitative estimate of drug-likeness (QED) is 0.00873. The van der Waals surface area contributed by atoms with Crippen molar-refractivity contribution < 1.29 is 111 Å². The molecule has 0 bridgehead atoms. The molecule has 558 valence electrons. The molecule has 8 N–H and O–H groups in total. The average Bonchev–Trinajstić information content (AvgIpc) is 1.45. The summed E-state index contributed by atoms with van der Waals surface area (Å²) >= 11 is 2.83. The number of aliphatic hydroxyl groups excluding tert-OH is 4. The maximum atomic E-state index is 14.6. The molecular weight excluding hydrogens is 1500 g/mol. The number of benzene rings is 2. The Balaban J connectivity index is 0.854. The van der Waals surface area contributed by atoms with Crippen LogP contribution in [0.3, 0.4) is 0 Å². The van der Waals surface area contributed by atoms with Crippen molar-refractivity contribution in [3.63, 3.8) is 0 Å². The molecule has 2 aromatic carbocycles. The number of carbonyl (C=O) groups is 4. The van der Waals surface area contributed by atoms with Gasteiger partial charge in [0.15, 0.2) is 30.4 Å². The molecule has 3 unspecified atom stereocenters. The monoisotopic (exact) mass is 1590 g/mol. The Kier molecular flexibility index (Phi) is 26.8. The molecule has 1 aromatic heterocycles. The van der Waals surface area contributed by atoms with Gasteiger partial charge in [-0.05, 0) is 119 Å². The number of amides is 1. The fourth-order valence-corrected chi connectivity index (χ4v) is 18.2. The fourth-order valence-electron chi connectivity index (χ4n) is 14.4. The van der Waals surface area contributed by atoms with Gasteiger partial charge in [-0.15, -0.1) is 0 Å². The van der Waals surface area contributed by atoms with Gasteiger partial charge in [0.05, 0.1) is 83.2 Å². The second-order valence-corrected chi connectivity index (χ2v) is 31.5. The van der Waals surface area contributed by atoms with Crippen LogP contribution in [0.1, 0.15) is 95.6 Å². The zero-order valence-corrected chi connectivity index (χ0v) is 63.4. The van der Waals surface area contributed by atoms with Crippen molar-refractivity contribution in [3.05, 3.63) is 78.2 Å². The van der Waals surface area contributed by atoms with Crippen LogP contribution >= 0.6 is 55.9 Å². The molecule has 1 spiro atoms. The van der Waals surface area contributed by atoms with Gasteiger partial charge in [-0.1, -0.05) is 70.0 Å². The number of rotatable bonds is 26. The highest BCUT2D eigenvalue weighted by Gasteiger charge is 2.78. The number of aliphatic hydroxyl groups is 5. The van der Waals surface area contributed by atoms with Crippen molar-refractivity contribution >= 4 is 95.4 Å². The number of fused-ring (bicyclic) bond motifs is 1. The van der Waals surface area contributed by atoms with Crippen molar-refractivity contribution in [3.8, 4) is 40.9 Å². The molecule has 3 aromatic rings. The van der Waals surface area contributed by atoms with Crippen molar-refractivity contribution in [2.45, 2.75) is 208 Å². The number of allylic oxidation sites excluding steroid dienone is 2. The van der Waals surface area contributed by atoms with Crippen molar-refractivity contribution in [2.75, 3.05) is 59.3 Å². The predicted octanol–water partition coefficient (Wildman–Crippen LogP) is 5.96. The van der Waals surface area contributed by atoms with Crippen LogP contribution in [0.2, 0.25) is 0 Å². The van der Waals surface area contributed by atoms with Gasteiger partial charge in [0.2, 0.25) is 17.2 Å². The minimum absolute atomic E-state index is 0.0114. The van der Waals surface area contributed by atoms with Crippen molar-refractivity contribution in [1.82, 2.24) is 10.8 Å². The number of nitrogens with one attached hydrogen (secondary N) is 3. The number of carbonyl (C=O) groups excluding carboxylic acids is 4. The molecule has 0 radical (unpaired) electrons. The van der Waals surface area contributed by atoms with Gasteiger partial charge in [-0.25, -0.2) is 9.59 Å². The van der Waals surface area contributed by atoms with Gasteiger partial charge in [-0.2, -0.15) is 5.48 Å². The minimum atomic E-state index is -1.86. The highest BCUT2D eigenvalue weighted by atomic mass is 127. The molecular formula is C71H90IN3O24S3. The normalized spacial score (nSPS) is 35.5. The highest BCUT2D eigenvalue weighted by Crippen LogP contribution is 2.70. The van der Waals surface area contributed by atoms with E-state index in [2.05, 4.69) is 39.8 Å². The summed E-state index contributed by atoms with van der Waals surface area (Å²) in [7, 11) is 8.48. The Morgan fingerprint density at radius 2 is 1.63 bits per heavy atom. The zero-order valence-electron chi connectivity index (χ0n) is 58.8. The van der Waals surface area contributed by atoms with Gasteiger partial charge in [0, 0.05) is 91.5 Å². The number of hydrogen-bond acceptors (Lipinski definition) is 29. The third-order valence-corrected chi connectivity index (χ3v) is 25.0. The summed E-state index contributed by atoms with van der Waals surface area (Å²) in [5.74, 6) is 10.5. The molecule has 7 aliphatic rings. The maximum Gasteiger partial charge on any atom is 0.411 e. The van der Waals surface area contributed by atoms with Crippen LogP contribution in [-0.4, -0.2) is 223 Å². The summed E-state index contributed by atoms with van der Waals surface area (Å²) in [5, 5.41) is 64.7. The number of hydrogen-bond donors (Lipinski definition) is 8. The summed E-state index contributed by atoms with van der Waals surface area (Å²) in [4.78, 5) is 73.3. The smallest absolute Gasteiger partial charge is 0.411 e. The SMILES string of the molecule is CCN[C@H]1CO[C@@H](O[C@H]2[C@H](O[C@H]3C#C/C=C(/C)C#CC45C(CC(C)=O)C(=O)C[C@]4(O)/C(=C/CSS[C@H](C)COC(=O)Nc4ccc6c(C)cc(=O)oc6c4)C35)O[C@H](C)[C@@H](NO[C@H]3C[C@H](O)[C@H](SC(=O)c4c(C)c(I)c(O[C@@H]5O[C@@H](C)[C@H](O)[C@@H](OC)[C@H]5O)c(OC)c4OC)[C@@H](C)O3)[C@@H]2O)C[C@@H]1OC. The molecule has 5 heterocycles. The lowest BCUT2D eigenvalue weighted by molar-refractivity contribution is -0.342. The first kappa shape index (κ1) is 79.6. The molecule has 10 rings (SSSR count). The van der Waals surface area contributed by atoms with Gasteiger partial charge >= 0.3 is 11.7 Å². The minimum Gasteiger partial charge on any atom is -0.492 e. The fraction of sp³-hybridized carbons (Fsp3) is 0.620. The van der Waals surface area contributed by atoms with Crippen LogP contribution in [0.5, 0.6) is 17.2 Å². The maximum absolute atomic E-state index is 14.6. The van der Waals surface area contributed by atoms with Crippen LogP contribution in [0.15, 0.2) is 56.8 Å². The number of anilines is 1. The summed E-state index contributed by atoms with van der Waals surface area (Å²) in [6.45, 7) is 16.2. The number of aryl methyl sites for hydroxylation is 1. The first-order chi connectivity index (χ1) is 48.6. The lowest BCUT2D eigenvalue weighted by atomic mass is 9.44. The van der Waals surface area contributed by atoms with Gasteiger partial charge in [-0.3, -0.25) is 19.7 Å². The Morgan fingerprint density at radius 1 is 0.882 bits per heavy atom. The van der Waals surface area contributed by atoms with Crippen molar-refractivity contribution in [2.24, 2.45) is 17.3 Å². The summed E-state index contributed by atoms with van der Waals surface area (Å²) in [6.07, 6.45) is -14.6. The predicted molar refractivity (Wildman–Crippen MR) is 385 cm³/mol. The van der Waals surface area contributed by atoms with E-state index >= 15 is 0 Å². The van der Waals surface area contributed by atoms with Gasteiger partial charge in [0.25, 0.3) is 0 Å². The standard InChI is InChI=1S/C71H90IN3O24S3/c1-14-73-44-31-90-51(28-49(44)86-10)97-63-58(81)56(75-99-52-27-45(77)65(39(9)92-52)101-66(83)53-36(6)55(72)61(64(89-13)60(53)87-11)98-67-59(82)62(88-12)57(80)38(8)94-67)37(7)93-68(63)96-47-17-15-16-32(2)20-22-70-43(25-34(4)76)46(78)29-71(70,85)42(54(47)70)21-23-100-102-35(5)30-91-69(84)74-40-18-19-41-33(3)24-50(79)95-48(41)26-40/h16,18-19,21,24,26,35,37-39,43-45,47,49,51-52,54,56-59,62-63,65,67-68,73,75,77,80-82,85H,14,23,25,27-31H2,1-13H3,(H,74,84)/b32-16-,42-21+/t35-,37-,38+,39-,43?,44+,45+,47+,49+,51+,52+,54?,56-,57+,58+,59-,62-,63-,65-,67+,68+,70?,71+/m1/s1. The number of halogens is 1. The van der Waals surface area contributed by atoms with Crippen LogP contribution < -0.4 is 35.9 Å². The molecule has 1 amide bonds. The molecule has 2 saturated carbocycles. The number of ketones is 2. The van der Waals surface area contributed by atoms with Crippen LogP contribution in [-0.2, 0) is 57.1 Å². The third-order valence-electron chi connectivity index (χ3n) is 19.6. The summed E-state index contributed by atoms with van der Waals surface area (Å²) in [6, 6.07) is 5.07. The number of Topliss-reactive ketones (excluding diaryl/α,β-unsaturated/α-hetero) is 2. The number of hydroxylamine groups is 1. The van der Waals surface area contributed by atoms with Gasteiger partial charge < -0.3 is 96.9 Å². The molecule has 27 nitrogen and oxygen atoms in total. The first-order valence-corrected chi connectivity index (χ1v) is 38.0. The van der Waals surface area contributed by atoms with E-state index < -0.39 is 137 Å². The number of ether oxygens (including phenoxy) is 12. The van der Waals surface area contributed by atoms with Crippen molar-refractivity contribution in [1.29, 1.82) is 0 Å². The highest BCUT2D eigenvalue weighted by molar-refractivity contribution is 14.1. The lowest BCUT2D eigenvalue weighted by Crippen LogP contribution is -2.69. The van der Waals surface area contributed by atoms with Crippen LogP contribution in [0, 0.1) is 58.4 Å². The van der Waals surface area contributed by atoms with Crippen LogP contribution in [0.4, 0.5) is 10.5 Å². The molecule has 102 heavy (non-hydrogen) atoms. The average molecular weight is 1590 g/mol. The Labute approximate surface area is 617 Å². The number of methoxy groups -OCH3 is 4. The van der Waals surface area contributed by atoms with Crippen LogP contribution in [0.25, 0.3) is 11.0 Å². The second-order valence-electron chi connectivity index (χ2n) is 26.4. The summed E-state index contributed by atoms with van der Waals surface area (Å²) in [5.41, 5.74) is 1.88. The number of likely N-dealkylation sites (N-methyl/N-ethyl adjacent to an activating group) is 1. The first-order valence-electron chi connectivity index (χ1n) is 33.7. The van der Waals surface area contributed by atoms with E-state index in [1.807, 2.05) is 42.5 Å².